The zero-order chi connectivity index (χ0) is 19.4. The first kappa shape index (κ1) is 19.4. The number of fused-ring (bicyclic) bond motifs is 1. The third-order valence-corrected chi connectivity index (χ3v) is 5.42. The van der Waals surface area contributed by atoms with E-state index in [9.17, 15) is 9.59 Å². The van der Waals surface area contributed by atoms with Crippen LogP contribution in [0.1, 0.15) is 78.6 Å². The second kappa shape index (κ2) is 8.55. The number of hydrogen-bond acceptors (Lipinski definition) is 3. The van der Waals surface area contributed by atoms with Crippen LogP contribution in [0.2, 0.25) is 0 Å². The van der Waals surface area contributed by atoms with Crippen molar-refractivity contribution in [3.8, 4) is 0 Å². The number of hydrogen-bond donors (Lipinski definition) is 1. The summed E-state index contributed by atoms with van der Waals surface area (Å²) in [7, 11) is 0. The monoisotopic (exact) mass is 367 g/mol. The molecule has 2 aromatic rings. The molecule has 1 heterocycles. The molecular formula is C23H29NO3. The molecule has 0 bridgehead atoms. The Morgan fingerprint density at radius 3 is 2.44 bits per heavy atom. The zero-order valence-corrected chi connectivity index (χ0v) is 16.6. The summed E-state index contributed by atoms with van der Waals surface area (Å²) >= 11 is 0. The number of benzene rings is 1. The summed E-state index contributed by atoms with van der Waals surface area (Å²) < 4.78 is 6.05. The maximum atomic E-state index is 13.2. The first-order chi connectivity index (χ1) is 13.1. The Morgan fingerprint density at radius 2 is 1.81 bits per heavy atom. The van der Waals surface area contributed by atoms with E-state index in [0.29, 0.717) is 24.2 Å². The van der Waals surface area contributed by atoms with Crippen molar-refractivity contribution >= 4 is 11.6 Å². The number of unbranched alkanes of at least 4 members (excludes halogenated alkanes) is 1. The lowest BCUT2D eigenvalue weighted by Gasteiger charge is -2.16. The highest BCUT2D eigenvalue weighted by Gasteiger charge is 2.27. The van der Waals surface area contributed by atoms with Crippen molar-refractivity contribution < 1.29 is 9.21 Å². The van der Waals surface area contributed by atoms with E-state index in [1.54, 1.807) is 0 Å². The predicted octanol–water partition coefficient (Wildman–Crippen LogP) is 4.85. The number of para-hydroxylation sites is 1. The van der Waals surface area contributed by atoms with Crippen LogP contribution in [0, 0.1) is 0 Å². The Balaban J connectivity index is 2.04. The molecule has 4 heteroatoms. The van der Waals surface area contributed by atoms with E-state index in [1.807, 2.05) is 18.2 Å². The number of rotatable bonds is 7. The number of carbonyl (C=O) groups excluding carboxylic acids is 1. The van der Waals surface area contributed by atoms with Crippen LogP contribution < -0.4 is 10.7 Å². The van der Waals surface area contributed by atoms with E-state index in [-0.39, 0.29) is 16.9 Å². The molecule has 27 heavy (non-hydrogen) atoms. The second-order valence-electron chi connectivity index (χ2n) is 7.20. The molecule has 1 aromatic heterocycles. The van der Waals surface area contributed by atoms with Gasteiger partial charge in [-0.1, -0.05) is 45.4 Å². The molecule has 0 saturated carbocycles. The van der Waals surface area contributed by atoms with E-state index >= 15 is 0 Å². The van der Waals surface area contributed by atoms with E-state index in [1.165, 1.54) is 0 Å². The first-order valence-electron chi connectivity index (χ1n) is 10.2. The van der Waals surface area contributed by atoms with Gasteiger partial charge in [-0.2, -0.15) is 0 Å². The van der Waals surface area contributed by atoms with Crippen LogP contribution in [0.15, 0.2) is 27.4 Å². The Morgan fingerprint density at radius 1 is 1.11 bits per heavy atom. The van der Waals surface area contributed by atoms with Crippen LogP contribution in [0.4, 0.5) is 5.69 Å². The van der Waals surface area contributed by atoms with E-state index in [2.05, 4.69) is 26.1 Å². The lowest BCUT2D eigenvalue weighted by molar-refractivity contribution is 0.102. The van der Waals surface area contributed by atoms with Gasteiger partial charge in [0.15, 0.2) is 0 Å². The summed E-state index contributed by atoms with van der Waals surface area (Å²) in [6.07, 6.45) is 6.58. The van der Waals surface area contributed by atoms with Crippen molar-refractivity contribution in [1.29, 1.82) is 0 Å². The molecule has 1 N–H and O–H groups in total. The first-order valence-corrected chi connectivity index (χ1v) is 10.2. The highest BCUT2D eigenvalue weighted by Crippen LogP contribution is 2.26. The lowest BCUT2D eigenvalue weighted by atomic mass is 10.0. The largest absolute Gasteiger partial charge is 0.465 e. The van der Waals surface area contributed by atoms with Crippen molar-refractivity contribution in [3.63, 3.8) is 0 Å². The van der Waals surface area contributed by atoms with Gasteiger partial charge >= 0.3 is 0 Å². The van der Waals surface area contributed by atoms with Crippen LogP contribution in [-0.2, 0) is 32.1 Å². The van der Waals surface area contributed by atoms with Crippen LogP contribution in [0.5, 0.6) is 0 Å². The Bertz CT molecular complexity index is 873. The highest BCUT2D eigenvalue weighted by molar-refractivity contribution is 6.05. The number of aryl methyl sites for hydroxylation is 4. The topological polar surface area (TPSA) is 59.3 Å². The Hall–Kier alpha value is -2.36. The molecule has 0 atom stereocenters. The maximum absolute atomic E-state index is 13.2. The Kier molecular flexibility index (Phi) is 6.15. The van der Waals surface area contributed by atoms with Gasteiger partial charge in [-0.05, 0) is 43.2 Å². The molecule has 0 fully saturated rings. The van der Waals surface area contributed by atoms with Crippen molar-refractivity contribution in [2.45, 2.75) is 72.1 Å². The summed E-state index contributed by atoms with van der Waals surface area (Å²) in [5, 5.41) is 3.05. The summed E-state index contributed by atoms with van der Waals surface area (Å²) in [5.74, 6) is 0.998. The summed E-state index contributed by atoms with van der Waals surface area (Å²) in [6, 6.07) is 6.07. The molecule has 1 amide bonds. The molecule has 4 nitrogen and oxygen atoms in total. The summed E-state index contributed by atoms with van der Waals surface area (Å²) in [6.45, 7) is 6.23. The van der Waals surface area contributed by atoms with Crippen molar-refractivity contribution in [2.75, 3.05) is 5.32 Å². The molecule has 144 valence electrons. The predicted molar refractivity (Wildman–Crippen MR) is 109 cm³/mol. The quantitative estimate of drug-likeness (QED) is 0.761. The normalized spacial score (nSPS) is 12.9. The molecule has 0 spiro atoms. The fourth-order valence-electron chi connectivity index (χ4n) is 3.87. The minimum Gasteiger partial charge on any atom is -0.465 e. The molecular weight excluding hydrogens is 338 g/mol. The van der Waals surface area contributed by atoms with Crippen molar-refractivity contribution in [3.05, 3.63) is 62.2 Å². The van der Waals surface area contributed by atoms with Crippen molar-refractivity contribution in [1.82, 2.24) is 0 Å². The SMILES string of the molecule is CCCCc1oc2c(c(=O)c1C(=O)Nc1c(CC)cccc1CC)CCC2. The second-order valence-corrected chi connectivity index (χ2v) is 7.20. The van der Waals surface area contributed by atoms with Gasteiger partial charge in [-0.15, -0.1) is 0 Å². The zero-order valence-electron chi connectivity index (χ0n) is 16.6. The van der Waals surface area contributed by atoms with Crippen LogP contribution in [-0.4, -0.2) is 5.91 Å². The third kappa shape index (κ3) is 3.85. The van der Waals surface area contributed by atoms with Crippen molar-refractivity contribution in [2.24, 2.45) is 0 Å². The molecule has 1 aliphatic carbocycles. The van der Waals surface area contributed by atoms with E-state index in [4.69, 9.17) is 4.42 Å². The smallest absolute Gasteiger partial charge is 0.263 e. The summed E-state index contributed by atoms with van der Waals surface area (Å²) in [5.41, 5.74) is 3.78. The van der Waals surface area contributed by atoms with Gasteiger partial charge in [0.25, 0.3) is 5.91 Å². The number of carbonyl (C=O) groups is 1. The van der Waals surface area contributed by atoms with Gasteiger partial charge in [0.1, 0.15) is 17.1 Å². The van der Waals surface area contributed by atoms with Gasteiger partial charge in [0.2, 0.25) is 5.43 Å². The van der Waals surface area contributed by atoms with Gasteiger partial charge in [-0.25, -0.2) is 0 Å². The minimum absolute atomic E-state index is 0.135. The van der Waals surface area contributed by atoms with E-state index < -0.39 is 0 Å². The van der Waals surface area contributed by atoms with Crippen LogP contribution in [0.3, 0.4) is 0 Å². The number of nitrogens with one attached hydrogen (secondary N) is 1. The molecule has 1 aromatic carbocycles. The highest BCUT2D eigenvalue weighted by atomic mass is 16.3. The summed E-state index contributed by atoms with van der Waals surface area (Å²) in [4.78, 5) is 26.2. The molecule has 3 rings (SSSR count). The van der Waals surface area contributed by atoms with Crippen LogP contribution >= 0.6 is 0 Å². The number of amides is 1. The molecule has 1 aliphatic rings. The van der Waals surface area contributed by atoms with Gasteiger partial charge < -0.3 is 9.73 Å². The lowest BCUT2D eigenvalue weighted by Crippen LogP contribution is -2.27. The number of anilines is 1. The fraction of sp³-hybridized carbons (Fsp3) is 0.478. The average molecular weight is 367 g/mol. The van der Waals surface area contributed by atoms with Crippen LogP contribution in [0.25, 0.3) is 0 Å². The van der Waals surface area contributed by atoms with Gasteiger partial charge in [0.05, 0.1) is 0 Å². The molecule has 0 radical (unpaired) electrons. The fourth-order valence-corrected chi connectivity index (χ4v) is 3.87. The molecule has 0 saturated heterocycles. The third-order valence-electron chi connectivity index (χ3n) is 5.42. The van der Waals surface area contributed by atoms with Gasteiger partial charge in [0, 0.05) is 24.1 Å². The maximum Gasteiger partial charge on any atom is 0.263 e. The standard InChI is InChI=1S/C23H29NO3/c1-4-7-13-19-20(22(25)17-12-9-14-18(17)27-19)23(26)24-21-15(5-2)10-8-11-16(21)6-3/h8,10-11H,4-7,9,12-14H2,1-3H3,(H,24,26). The Labute approximate surface area is 161 Å². The average Bonchev–Trinajstić information content (AvgIpc) is 3.15. The van der Waals surface area contributed by atoms with E-state index in [0.717, 1.165) is 61.1 Å². The minimum atomic E-state index is -0.333. The molecule has 0 unspecified atom stereocenters. The molecule has 0 aliphatic heterocycles. The van der Waals surface area contributed by atoms with Gasteiger partial charge in [-0.3, -0.25) is 9.59 Å².